The summed E-state index contributed by atoms with van der Waals surface area (Å²) in [6, 6.07) is 3.33. The van der Waals surface area contributed by atoms with Gasteiger partial charge in [0, 0.05) is 6.07 Å². The first-order chi connectivity index (χ1) is 6.60. The molecule has 0 bridgehead atoms. The van der Waals surface area contributed by atoms with Crippen LogP contribution in [-0.2, 0) is 0 Å². The molecule has 0 aliphatic carbocycles. The van der Waals surface area contributed by atoms with Crippen molar-refractivity contribution in [1.29, 1.82) is 5.26 Å². The number of aldehydes is 1. The monoisotopic (exact) mass is 194 g/mol. The van der Waals surface area contributed by atoms with Gasteiger partial charge in [0.2, 0.25) is 5.82 Å². The third kappa shape index (κ3) is 1.56. The van der Waals surface area contributed by atoms with Crippen molar-refractivity contribution in [1.82, 2.24) is 0 Å². The topological polar surface area (TPSA) is 84.0 Å². The molecule has 0 aliphatic heterocycles. The molecule has 0 fully saturated rings. The van der Waals surface area contributed by atoms with Gasteiger partial charge in [-0.15, -0.1) is 0 Å². The lowest BCUT2D eigenvalue weighted by molar-refractivity contribution is -0.387. The summed E-state index contributed by atoms with van der Waals surface area (Å²) < 4.78 is 13.1. The Hall–Kier alpha value is -2.29. The molecule has 1 aromatic carbocycles. The minimum atomic E-state index is -1.22. The average molecular weight is 194 g/mol. The van der Waals surface area contributed by atoms with Crippen molar-refractivity contribution in [2.24, 2.45) is 0 Å². The molecule has 0 radical (unpaired) electrons. The van der Waals surface area contributed by atoms with Crippen LogP contribution < -0.4 is 0 Å². The van der Waals surface area contributed by atoms with Gasteiger partial charge in [0.25, 0.3) is 0 Å². The smallest absolute Gasteiger partial charge is 0.298 e. The number of carbonyl (C=O) groups excluding carboxylic acids is 1. The van der Waals surface area contributed by atoms with E-state index in [2.05, 4.69) is 0 Å². The quantitative estimate of drug-likeness (QED) is 0.404. The van der Waals surface area contributed by atoms with Crippen molar-refractivity contribution >= 4 is 12.0 Å². The van der Waals surface area contributed by atoms with Gasteiger partial charge >= 0.3 is 5.69 Å². The zero-order valence-electron chi connectivity index (χ0n) is 6.73. The van der Waals surface area contributed by atoms with E-state index in [9.17, 15) is 19.3 Å². The van der Waals surface area contributed by atoms with E-state index in [1.165, 1.54) is 0 Å². The van der Waals surface area contributed by atoms with Crippen molar-refractivity contribution in [2.75, 3.05) is 0 Å². The van der Waals surface area contributed by atoms with E-state index in [0.717, 1.165) is 12.1 Å². The van der Waals surface area contributed by atoms with Crippen molar-refractivity contribution in [2.45, 2.75) is 0 Å². The first-order valence-electron chi connectivity index (χ1n) is 3.43. The molecule has 6 heteroatoms. The van der Waals surface area contributed by atoms with Crippen LogP contribution in [0.15, 0.2) is 12.1 Å². The zero-order chi connectivity index (χ0) is 10.7. The fraction of sp³-hybridized carbons (Fsp3) is 0. The second-order valence-corrected chi connectivity index (χ2v) is 2.39. The maximum absolute atomic E-state index is 13.1. The molecule has 0 saturated heterocycles. The molecule has 0 saturated carbocycles. The van der Waals surface area contributed by atoms with E-state index in [4.69, 9.17) is 5.26 Å². The normalized spacial score (nSPS) is 9.14. The second kappa shape index (κ2) is 3.62. The van der Waals surface area contributed by atoms with E-state index in [1.807, 2.05) is 0 Å². The molecule has 5 nitrogen and oxygen atoms in total. The molecule has 0 aromatic heterocycles. The van der Waals surface area contributed by atoms with Gasteiger partial charge < -0.3 is 0 Å². The van der Waals surface area contributed by atoms with Gasteiger partial charge in [-0.2, -0.15) is 9.65 Å². The number of nitriles is 1. The lowest BCUT2D eigenvalue weighted by Crippen LogP contribution is -1.98. The number of carbonyl (C=O) groups is 1. The molecular weight excluding hydrogens is 191 g/mol. The summed E-state index contributed by atoms with van der Waals surface area (Å²) in [6.45, 7) is 0. The van der Waals surface area contributed by atoms with Crippen molar-refractivity contribution in [3.05, 3.63) is 39.2 Å². The number of rotatable bonds is 2. The van der Waals surface area contributed by atoms with E-state index in [0.29, 0.717) is 0 Å². The molecule has 0 N–H and O–H groups in total. The van der Waals surface area contributed by atoms with Gasteiger partial charge in [-0.3, -0.25) is 14.9 Å². The number of benzene rings is 1. The number of hydrogen-bond acceptors (Lipinski definition) is 4. The molecule has 1 aromatic rings. The number of nitro groups is 1. The standard InChI is InChI=1S/C8H3FN2O3/c9-8-6(4-12)1-5(3-10)2-7(8)11(13)14/h1-2,4H. The summed E-state index contributed by atoms with van der Waals surface area (Å²) in [4.78, 5) is 19.6. The predicted molar refractivity (Wildman–Crippen MR) is 43.2 cm³/mol. The van der Waals surface area contributed by atoms with E-state index >= 15 is 0 Å². The summed E-state index contributed by atoms with van der Waals surface area (Å²) in [5.41, 5.74) is -1.48. The van der Waals surface area contributed by atoms with Gasteiger partial charge in [0.05, 0.1) is 22.1 Å². The number of hydrogen-bond donors (Lipinski definition) is 0. The molecule has 0 heterocycles. The van der Waals surface area contributed by atoms with Gasteiger partial charge in [-0.05, 0) is 6.07 Å². The van der Waals surface area contributed by atoms with Gasteiger partial charge in [-0.1, -0.05) is 0 Å². The molecule has 0 aliphatic rings. The van der Waals surface area contributed by atoms with Crippen LogP contribution in [0.25, 0.3) is 0 Å². The Balaban J connectivity index is 3.51. The van der Waals surface area contributed by atoms with Crippen LogP contribution >= 0.6 is 0 Å². The number of nitrogens with zero attached hydrogens (tertiary/aromatic N) is 2. The Labute approximate surface area is 77.5 Å². The van der Waals surface area contributed by atoms with E-state index < -0.39 is 22.0 Å². The predicted octanol–water partition coefficient (Wildman–Crippen LogP) is 1.42. The second-order valence-electron chi connectivity index (χ2n) is 2.39. The van der Waals surface area contributed by atoms with Gasteiger partial charge in [0.15, 0.2) is 6.29 Å². The highest BCUT2D eigenvalue weighted by atomic mass is 19.1. The minimum absolute atomic E-state index is 0.125. The lowest BCUT2D eigenvalue weighted by atomic mass is 10.1. The molecule has 1 rings (SSSR count). The highest BCUT2D eigenvalue weighted by Gasteiger charge is 2.19. The number of halogens is 1. The molecule has 70 valence electrons. The summed E-state index contributed by atoms with van der Waals surface area (Å²) >= 11 is 0. The summed E-state index contributed by atoms with van der Waals surface area (Å²) in [7, 11) is 0. The maximum atomic E-state index is 13.1. The highest BCUT2D eigenvalue weighted by molar-refractivity contribution is 5.77. The molecule has 0 unspecified atom stereocenters. The van der Waals surface area contributed by atoms with Crippen LogP contribution in [0.2, 0.25) is 0 Å². The SMILES string of the molecule is N#Cc1cc(C=O)c(F)c([N+](=O)[O-])c1. The molecule has 14 heavy (non-hydrogen) atoms. The van der Waals surface area contributed by atoms with E-state index in [1.54, 1.807) is 6.07 Å². The third-order valence-electron chi connectivity index (χ3n) is 1.53. The van der Waals surface area contributed by atoms with Crippen molar-refractivity contribution in [3.63, 3.8) is 0 Å². The van der Waals surface area contributed by atoms with Crippen molar-refractivity contribution < 1.29 is 14.1 Å². The minimum Gasteiger partial charge on any atom is -0.298 e. The van der Waals surface area contributed by atoms with Crippen LogP contribution in [0, 0.1) is 27.3 Å². The van der Waals surface area contributed by atoms with Crippen LogP contribution in [0.1, 0.15) is 15.9 Å². The third-order valence-corrected chi connectivity index (χ3v) is 1.53. The first-order valence-corrected chi connectivity index (χ1v) is 3.43. The molecular formula is C8H3FN2O3. The molecule has 0 spiro atoms. The zero-order valence-corrected chi connectivity index (χ0v) is 6.73. The lowest BCUT2D eigenvalue weighted by Gasteiger charge is -1.97. The first kappa shape index (κ1) is 9.80. The Morgan fingerprint density at radius 3 is 2.64 bits per heavy atom. The Morgan fingerprint density at radius 1 is 1.57 bits per heavy atom. The summed E-state index contributed by atoms with van der Waals surface area (Å²) in [5, 5.41) is 18.7. The fourth-order valence-corrected chi connectivity index (χ4v) is 0.914. The Bertz CT molecular complexity index is 451. The van der Waals surface area contributed by atoms with Crippen molar-refractivity contribution in [3.8, 4) is 6.07 Å². The maximum Gasteiger partial charge on any atom is 0.306 e. The summed E-state index contributed by atoms with van der Waals surface area (Å²) in [6.07, 6.45) is 0.128. The van der Waals surface area contributed by atoms with E-state index in [-0.39, 0.29) is 11.8 Å². The summed E-state index contributed by atoms with van der Waals surface area (Å²) in [5.74, 6) is -1.22. The number of nitro benzene ring substituents is 1. The van der Waals surface area contributed by atoms with Gasteiger partial charge in [0.1, 0.15) is 0 Å². The Kier molecular flexibility index (Phi) is 2.53. The highest BCUT2D eigenvalue weighted by Crippen LogP contribution is 2.21. The largest absolute Gasteiger partial charge is 0.306 e. The molecule has 0 atom stereocenters. The Morgan fingerprint density at radius 2 is 2.21 bits per heavy atom. The van der Waals surface area contributed by atoms with Crippen LogP contribution in [0.5, 0.6) is 0 Å². The van der Waals surface area contributed by atoms with Crippen LogP contribution in [-0.4, -0.2) is 11.2 Å². The fourth-order valence-electron chi connectivity index (χ4n) is 0.914. The van der Waals surface area contributed by atoms with Crippen LogP contribution in [0.4, 0.5) is 10.1 Å². The van der Waals surface area contributed by atoms with Gasteiger partial charge in [-0.25, -0.2) is 0 Å². The average Bonchev–Trinajstić information content (AvgIpc) is 2.17. The molecule has 0 amide bonds. The van der Waals surface area contributed by atoms with Crippen LogP contribution in [0.3, 0.4) is 0 Å².